The summed E-state index contributed by atoms with van der Waals surface area (Å²) in [5.41, 5.74) is -1.24. The lowest BCUT2D eigenvalue weighted by molar-refractivity contribution is -0.153. The zero-order chi connectivity index (χ0) is 14.1. The minimum atomic E-state index is -0.895. The highest BCUT2D eigenvalue weighted by Crippen LogP contribution is 2.48. The molecule has 0 aromatic heterocycles. The lowest BCUT2D eigenvalue weighted by Crippen LogP contribution is -2.51. The van der Waals surface area contributed by atoms with Crippen LogP contribution in [0.5, 0.6) is 0 Å². The highest BCUT2D eigenvalue weighted by atomic mass is 16.5. The summed E-state index contributed by atoms with van der Waals surface area (Å²) in [5, 5.41) is 21.1. The molecule has 0 aromatic carbocycles. The smallest absolute Gasteiger partial charge is 0.333 e. The maximum absolute atomic E-state index is 11.3. The van der Waals surface area contributed by atoms with E-state index in [1.54, 1.807) is 6.92 Å². The number of hydrogen-bond acceptors (Lipinski definition) is 4. The van der Waals surface area contributed by atoms with E-state index in [4.69, 9.17) is 4.74 Å². The number of aliphatic hydroxyl groups is 2. The van der Waals surface area contributed by atoms with E-state index in [9.17, 15) is 15.0 Å². The molecular formula is C15H24O4. The molecule has 108 valence electrons. The van der Waals surface area contributed by atoms with Crippen LogP contribution in [0.2, 0.25) is 0 Å². The van der Waals surface area contributed by atoms with Crippen LogP contribution in [0.25, 0.3) is 0 Å². The van der Waals surface area contributed by atoms with Crippen LogP contribution >= 0.6 is 0 Å². The van der Waals surface area contributed by atoms with Gasteiger partial charge in [-0.3, -0.25) is 0 Å². The van der Waals surface area contributed by atoms with E-state index >= 15 is 0 Å². The van der Waals surface area contributed by atoms with Crippen LogP contribution < -0.4 is 0 Å². The van der Waals surface area contributed by atoms with Crippen LogP contribution in [-0.2, 0) is 9.53 Å². The Hall–Kier alpha value is -0.870. The molecule has 0 heterocycles. The summed E-state index contributed by atoms with van der Waals surface area (Å²) in [4.78, 5) is 11.3. The quantitative estimate of drug-likeness (QED) is 0.604. The second-order valence-electron chi connectivity index (χ2n) is 6.46. The molecule has 2 aliphatic rings. The maximum Gasteiger partial charge on any atom is 0.333 e. The van der Waals surface area contributed by atoms with Gasteiger partial charge < -0.3 is 14.9 Å². The molecule has 0 aromatic rings. The van der Waals surface area contributed by atoms with Gasteiger partial charge in [-0.1, -0.05) is 19.4 Å². The van der Waals surface area contributed by atoms with Gasteiger partial charge in [0.1, 0.15) is 0 Å². The van der Waals surface area contributed by atoms with Crippen molar-refractivity contribution in [3.63, 3.8) is 0 Å². The van der Waals surface area contributed by atoms with Gasteiger partial charge in [0.15, 0.2) is 0 Å². The van der Waals surface area contributed by atoms with Crippen molar-refractivity contribution in [2.24, 2.45) is 5.92 Å². The normalized spacial score (nSPS) is 37.7. The molecule has 4 nitrogen and oxygen atoms in total. The first-order chi connectivity index (χ1) is 8.82. The zero-order valence-corrected chi connectivity index (χ0v) is 11.7. The largest absolute Gasteiger partial charge is 0.462 e. The predicted octanol–water partition coefficient (Wildman–Crippen LogP) is 1.94. The van der Waals surface area contributed by atoms with Crippen LogP contribution in [0.15, 0.2) is 12.2 Å². The second kappa shape index (κ2) is 5.25. The summed E-state index contributed by atoms with van der Waals surface area (Å²) < 4.78 is 5.05. The molecule has 2 aliphatic carbocycles. The molecule has 0 amide bonds. The van der Waals surface area contributed by atoms with Gasteiger partial charge in [0.25, 0.3) is 0 Å². The van der Waals surface area contributed by atoms with Crippen LogP contribution in [0, 0.1) is 5.92 Å². The van der Waals surface area contributed by atoms with Crippen molar-refractivity contribution in [2.45, 2.75) is 63.1 Å². The number of carbonyl (C=O) groups is 1. The molecule has 0 saturated heterocycles. The second-order valence-corrected chi connectivity index (χ2v) is 6.46. The van der Waals surface area contributed by atoms with Gasteiger partial charge in [0, 0.05) is 18.4 Å². The topological polar surface area (TPSA) is 66.8 Å². The highest BCUT2D eigenvalue weighted by Gasteiger charge is 2.48. The molecule has 0 aliphatic heterocycles. The van der Waals surface area contributed by atoms with Crippen LogP contribution in [0.1, 0.15) is 51.9 Å². The summed E-state index contributed by atoms with van der Waals surface area (Å²) in [6.45, 7) is 5.31. The molecule has 2 bridgehead atoms. The molecular weight excluding hydrogens is 244 g/mol. The Bertz CT molecular complexity index is 378. The Morgan fingerprint density at radius 3 is 2.79 bits per heavy atom. The van der Waals surface area contributed by atoms with Gasteiger partial charge in [-0.15, -0.1) is 0 Å². The summed E-state index contributed by atoms with van der Waals surface area (Å²) in [6.07, 6.45) is 5.21. The Balaban J connectivity index is 1.88. The third kappa shape index (κ3) is 3.57. The fourth-order valence-electron chi connectivity index (χ4n) is 3.67. The first-order valence-corrected chi connectivity index (χ1v) is 7.09. The summed E-state index contributed by atoms with van der Waals surface area (Å²) in [7, 11) is 0. The van der Waals surface area contributed by atoms with E-state index in [0.29, 0.717) is 30.8 Å². The lowest BCUT2D eigenvalue weighted by atomic mass is 9.63. The van der Waals surface area contributed by atoms with Crippen molar-refractivity contribution in [2.75, 3.05) is 6.61 Å². The first-order valence-electron chi connectivity index (χ1n) is 7.09. The SMILES string of the molecule is C=C(C)C(=O)OCCC1(O)CC2CCCC(O)(C2)C1. The Morgan fingerprint density at radius 2 is 2.16 bits per heavy atom. The molecule has 0 spiro atoms. The van der Waals surface area contributed by atoms with Crippen molar-refractivity contribution in [1.29, 1.82) is 0 Å². The number of hydrogen-bond donors (Lipinski definition) is 2. The van der Waals surface area contributed by atoms with Crippen LogP contribution in [-0.4, -0.2) is 34.0 Å². The van der Waals surface area contributed by atoms with Gasteiger partial charge in [0.2, 0.25) is 0 Å². The van der Waals surface area contributed by atoms with E-state index in [1.165, 1.54) is 0 Å². The molecule has 2 rings (SSSR count). The Morgan fingerprint density at radius 1 is 1.42 bits per heavy atom. The zero-order valence-electron chi connectivity index (χ0n) is 11.7. The van der Waals surface area contributed by atoms with E-state index < -0.39 is 17.2 Å². The predicted molar refractivity (Wildman–Crippen MR) is 71.5 cm³/mol. The minimum Gasteiger partial charge on any atom is -0.462 e. The number of ether oxygens (including phenoxy) is 1. The number of rotatable bonds is 4. The van der Waals surface area contributed by atoms with Crippen molar-refractivity contribution >= 4 is 5.97 Å². The van der Waals surface area contributed by atoms with Crippen molar-refractivity contribution in [3.05, 3.63) is 12.2 Å². The van der Waals surface area contributed by atoms with Crippen molar-refractivity contribution in [3.8, 4) is 0 Å². The molecule has 2 saturated carbocycles. The van der Waals surface area contributed by atoms with E-state index in [1.807, 2.05) is 0 Å². The Kier molecular flexibility index (Phi) is 4.02. The molecule has 4 heteroatoms. The molecule has 3 atom stereocenters. The third-order valence-corrected chi connectivity index (χ3v) is 4.40. The van der Waals surface area contributed by atoms with E-state index in [0.717, 1.165) is 25.7 Å². The van der Waals surface area contributed by atoms with Crippen molar-refractivity contribution < 1.29 is 19.7 Å². The summed E-state index contributed by atoms with van der Waals surface area (Å²) in [6, 6.07) is 0. The monoisotopic (exact) mass is 268 g/mol. The average molecular weight is 268 g/mol. The lowest BCUT2D eigenvalue weighted by Gasteiger charge is -2.49. The fraction of sp³-hybridized carbons (Fsp3) is 0.800. The first kappa shape index (κ1) is 14.5. The molecule has 2 fully saturated rings. The van der Waals surface area contributed by atoms with Crippen molar-refractivity contribution in [1.82, 2.24) is 0 Å². The van der Waals surface area contributed by atoms with Gasteiger partial charge in [-0.2, -0.15) is 0 Å². The standard InChI is InChI=1S/C15H24O4/c1-11(2)13(16)19-7-6-15(18)9-12-4-3-5-14(17,8-12)10-15/h12,17-18H,1,3-10H2,2H3. The average Bonchev–Trinajstić information content (AvgIpc) is 2.26. The fourth-order valence-corrected chi connectivity index (χ4v) is 3.67. The third-order valence-electron chi connectivity index (χ3n) is 4.40. The van der Waals surface area contributed by atoms with Crippen LogP contribution in [0.4, 0.5) is 0 Å². The molecule has 3 unspecified atom stereocenters. The number of carbonyl (C=O) groups excluding carboxylic acids is 1. The van der Waals surface area contributed by atoms with Gasteiger partial charge in [-0.05, 0) is 32.1 Å². The maximum atomic E-state index is 11.3. The molecule has 0 radical (unpaired) electrons. The summed E-state index contributed by atoms with van der Waals surface area (Å²) in [5.74, 6) is -0.0207. The van der Waals surface area contributed by atoms with E-state index in [2.05, 4.69) is 6.58 Å². The number of esters is 1. The van der Waals surface area contributed by atoms with Crippen LogP contribution in [0.3, 0.4) is 0 Å². The molecule has 19 heavy (non-hydrogen) atoms. The van der Waals surface area contributed by atoms with Gasteiger partial charge in [-0.25, -0.2) is 4.79 Å². The molecule has 2 N–H and O–H groups in total. The minimum absolute atomic E-state index is 0.186. The number of fused-ring (bicyclic) bond motifs is 2. The van der Waals surface area contributed by atoms with Gasteiger partial charge in [0.05, 0.1) is 17.8 Å². The Labute approximate surface area is 114 Å². The van der Waals surface area contributed by atoms with E-state index in [-0.39, 0.29) is 6.61 Å². The summed E-state index contributed by atoms with van der Waals surface area (Å²) >= 11 is 0. The highest BCUT2D eigenvalue weighted by molar-refractivity contribution is 5.86. The van der Waals surface area contributed by atoms with Gasteiger partial charge >= 0.3 is 5.97 Å².